The van der Waals surface area contributed by atoms with Gasteiger partial charge in [0.2, 0.25) is 0 Å². The Kier molecular flexibility index (Phi) is 4.70. The number of hydrogen-bond donors (Lipinski definition) is 1. The maximum absolute atomic E-state index is 5.64. The molecule has 0 aliphatic carbocycles. The van der Waals surface area contributed by atoms with E-state index in [0.717, 1.165) is 19.0 Å². The second-order valence-electron chi connectivity index (χ2n) is 4.09. The van der Waals surface area contributed by atoms with Crippen molar-refractivity contribution in [3.8, 4) is 0 Å². The first kappa shape index (κ1) is 11.0. The summed E-state index contributed by atoms with van der Waals surface area (Å²) in [5, 5.41) is 0. The summed E-state index contributed by atoms with van der Waals surface area (Å²) in [6.45, 7) is 9.07. The first-order valence-electron chi connectivity index (χ1n) is 5.37. The van der Waals surface area contributed by atoms with Gasteiger partial charge in [0.1, 0.15) is 0 Å². The third-order valence-corrected chi connectivity index (χ3v) is 3.04. The van der Waals surface area contributed by atoms with Crippen molar-refractivity contribution in [2.75, 3.05) is 46.3 Å². The van der Waals surface area contributed by atoms with Crippen LogP contribution in [-0.4, -0.2) is 56.1 Å². The molecule has 1 unspecified atom stereocenters. The van der Waals surface area contributed by atoms with Crippen LogP contribution in [0, 0.1) is 5.92 Å². The second kappa shape index (κ2) is 5.58. The van der Waals surface area contributed by atoms with Crippen molar-refractivity contribution in [2.45, 2.75) is 13.3 Å². The summed E-state index contributed by atoms with van der Waals surface area (Å²) >= 11 is 0. The summed E-state index contributed by atoms with van der Waals surface area (Å²) in [4.78, 5) is 4.89. The van der Waals surface area contributed by atoms with E-state index in [9.17, 15) is 0 Å². The molecule has 0 bridgehead atoms. The van der Waals surface area contributed by atoms with E-state index < -0.39 is 0 Å². The molecule has 0 radical (unpaired) electrons. The average molecular weight is 185 g/mol. The highest BCUT2D eigenvalue weighted by atomic mass is 15.2. The standard InChI is InChI=1S/C10H23N3/c1-3-12(2)6-7-13-5-4-10(8-11)9-13/h10H,3-9,11H2,1-2H3. The van der Waals surface area contributed by atoms with Crippen molar-refractivity contribution in [3.63, 3.8) is 0 Å². The maximum atomic E-state index is 5.64. The summed E-state index contributed by atoms with van der Waals surface area (Å²) in [7, 11) is 2.18. The van der Waals surface area contributed by atoms with Gasteiger partial charge < -0.3 is 15.5 Å². The normalized spacial score (nSPS) is 24.5. The van der Waals surface area contributed by atoms with E-state index >= 15 is 0 Å². The molecule has 1 aliphatic heterocycles. The molecule has 0 aromatic heterocycles. The first-order valence-corrected chi connectivity index (χ1v) is 5.37. The van der Waals surface area contributed by atoms with Gasteiger partial charge in [0.05, 0.1) is 0 Å². The fraction of sp³-hybridized carbons (Fsp3) is 1.00. The molecule has 1 atom stereocenters. The summed E-state index contributed by atoms with van der Waals surface area (Å²) in [6.07, 6.45) is 1.30. The molecule has 1 heterocycles. The predicted octanol–water partition coefficient (Wildman–Crippen LogP) is 0.219. The van der Waals surface area contributed by atoms with Crippen molar-refractivity contribution in [3.05, 3.63) is 0 Å². The van der Waals surface area contributed by atoms with Crippen LogP contribution in [0.2, 0.25) is 0 Å². The van der Waals surface area contributed by atoms with Gasteiger partial charge in [0, 0.05) is 19.6 Å². The molecular formula is C10H23N3. The van der Waals surface area contributed by atoms with E-state index in [1.165, 1.54) is 32.6 Å². The van der Waals surface area contributed by atoms with Crippen LogP contribution in [-0.2, 0) is 0 Å². The molecule has 0 amide bonds. The smallest absolute Gasteiger partial charge is 0.0109 e. The third-order valence-electron chi connectivity index (χ3n) is 3.04. The van der Waals surface area contributed by atoms with Crippen LogP contribution in [0.3, 0.4) is 0 Å². The van der Waals surface area contributed by atoms with Crippen LogP contribution in [0.5, 0.6) is 0 Å². The average Bonchev–Trinajstić information content (AvgIpc) is 2.61. The van der Waals surface area contributed by atoms with Crippen molar-refractivity contribution in [1.29, 1.82) is 0 Å². The Morgan fingerprint density at radius 1 is 1.54 bits per heavy atom. The maximum Gasteiger partial charge on any atom is 0.0109 e. The molecule has 3 nitrogen and oxygen atoms in total. The van der Waals surface area contributed by atoms with E-state index in [1.54, 1.807) is 0 Å². The lowest BCUT2D eigenvalue weighted by Gasteiger charge is -2.20. The molecule has 1 saturated heterocycles. The van der Waals surface area contributed by atoms with Crippen molar-refractivity contribution >= 4 is 0 Å². The van der Waals surface area contributed by atoms with Crippen LogP contribution in [0.25, 0.3) is 0 Å². The van der Waals surface area contributed by atoms with E-state index in [2.05, 4.69) is 23.8 Å². The van der Waals surface area contributed by atoms with Gasteiger partial charge in [-0.15, -0.1) is 0 Å². The Balaban J connectivity index is 2.10. The molecule has 0 aromatic carbocycles. The molecular weight excluding hydrogens is 162 g/mol. The van der Waals surface area contributed by atoms with Gasteiger partial charge in [-0.25, -0.2) is 0 Å². The van der Waals surface area contributed by atoms with Crippen molar-refractivity contribution in [1.82, 2.24) is 9.80 Å². The molecule has 0 aromatic rings. The van der Waals surface area contributed by atoms with Crippen molar-refractivity contribution < 1.29 is 0 Å². The number of likely N-dealkylation sites (tertiary alicyclic amines) is 1. The Morgan fingerprint density at radius 2 is 2.31 bits per heavy atom. The minimum absolute atomic E-state index is 0.756. The summed E-state index contributed by atoms with van der Waals surface area (Å²) in [6, 6.07) is 0. The highest BCUT2D eigenvalue weighted by molar-refractivity contribution is 4.76. The van der Waals surface area contributed by atoms with Crippen LogP contribution >= 0.6 is 0 Å². The minimum atomic E-state index is 0.756. The zero-order valence-electron chi connectivity index (χ0n) is 9.00. The fourth-order valence-corrected chi connectivity index (χ4v) is 1.78. The topological polar surface area (TPSA) is 32.5 Å². The molecule has 0 spiro atoms. The van der Waals surface area contributed by atoms with Gasteiger partial charge in [0.25, 0.3) is 0 Å². The van der Waals surface area contributed by atoms with Crippen LogP contribution in [0.1, 0.15) is 13.3 Å². The Bertz CT molecular complexity index is 138. The quantitative estimate of drug-likeness (QED) is 0.665. The fourth-order valence-electron chi connectivity index (χ4n) is 1.78. The van der Waals surface area contributed by atoms with Gasteiger partial charge in [-0.1, -0.05) is 6.92 Å². The summed E-state index contributed by atoms with van der Waals surface area (Å²) < 4.78 is 0. The molecule has 0 saturated carbocycles. The van der Waals surface area contributed by atoms with Gasteiger partial charge in [0.15, 0.2) is 0 Å². The van der Waals surface area contributed by atoms with Gasteiger partial charge in [-0.2, -0.15) is 0 Å². The lowest BCUT2D eigenvalue weighted by Crippen LogP contribution is -2.32. The SMILES string of the molecule is CCN(C)CCN1CCC(CN)C1. The molecule has 2 N–H and O–H groups in total. The van der Waals surface area contributed by atoms with Crippen LogP contribution in [0.15, 0.2) is 0 Å². The highest BCUT2D eigenvalue weighted by Crippen LogP contribution is 2.13. The van der Waals surface area contributed by atoms with Gasteiger partial charge >= 0.3 is 0 Å². The number of hydrogen-bond acceptors (Lipinski definition) is 3. The lowest BCUT2D eigenvalue weighted by molar-refractivity contribution is 0.258. The lowest BCUT2D eigenvalue weighted by atomic mass is 10.1. The molecule has 3 heteroatoms. The monoisotopic (exact) mass is 185 g/mol. The zero-order chi connectivity index (χ0) is 9.68. The number of likely N-dealkylation sites (N-methyl/N-ethyl adjacent to an activating group) is 1. The number of nitrogens with zero attached hydrogens (tertiary/aromatic N) is 2. The van der Waals surface area contributed by atoms with Gasteiger partial charge in [-0.3, -0.25) is 0 Å². The molecule has 1 aliphatic rings. The molecule has 78 valence electrons. The van der Waals surface area contributed by atoms with E-state index in [-0.39, 0.29) is 0 Å². The largest absolute Gasteiger partial charge is 0.330 e. The number of nitrogens with two attached hydrogens (primary N) is 1. The van der Waals surface area contributed by atoms with Crippen molar-refractivity contribution in [2.24, 2.45) is 11.7 Å². The molecule has 13 heavy (non-hydrogen) atoms. The minimum Gasteiger partial charge on any atom is -0.330 e. The van der Waals surface area contributed by atoms with E-state index in [1.807, 2.05) is 0 Å². The van der Waals surface area contributed by atoms with Crippen LogP contribution < -0.4 is 5.73 Å². The predicted molar refractivity (Wildman–Crippen MR) is 56.8 cm³/mol. The van der Waals surface area contributed by atoms with E-state index in [0.29, 0.717) is 0 Å². The molecule has 1 fully saturated rings. The summed E-state index contributed by atoms with van der Waals surface area (Å²) in [5.74, 6) is 0.756. The zero-order valence-corrected chi connectivity index (χ0v) is 9.00. The Morgan fingerprint density at radius 3 is 2.85 bits per heavy atom. The summed E-state index contributed by atoms with van der Waals surface area (Å²) in [5.41, 5.74) is 5.64. The molecule has 1 rings (SSSR count). The first-order chi connectivity index (χ1) is 6.26. The Labute approximate surface area is 81.9 Å². The van der Waals surface area contributed by atoms with Crippen LogP contribution in [0.4, 0.5) is 0 Å². The highest BCUT2D eigenvalue weighted by Gasteiger charge is 2.20. The van der Waals surface area contributed by atoms with Gasteiger partial charge in [-0.05, 0) is 39.0 Å². The second-order valence-corrected chi connectivity index (χ2v) is 4.09. The Hall–Kier alpha value is -0.120. The number of rotatable bonds is 5. The van der Waals surface area contributed by atoms with E-state index in [4.69, 9.17) is 5.73 Å². The third kappa shape index (κ3) is 3.63.